The Morgan fingerprint density at radius 3 is 2.63 bits per heavy atom. The highest BCUT2D eigenvalue weighted by molar-refractivity contribution is 5.88. The molecule has 0 aromatic heterocycles. The van der Waals surface area contributed by atoms with Gasteiger partial charge in [0.25, 0.3) is 0 Å². The van der Waals surface area contributed by atoms with Gasteiger partial charge in [0.15, 0.2) is 0 Å². The number of nitriles is 1. The molecule has 0 amide bonds. The van der Waals surface area contributed by atoms with E-state index in [1.807, 2.05) is 6.07 Å². The third-order valence-electron chi connectivity index (χ3n) is 2.64. The lowest BCUT2D eigenvalue weighted by Gasteiger charge is -2.24. The van der Waals surface area contributed by atoms with E-state index in [1.165, 1.54) is 19.1 Å². The summed E-state index contributed by atoms with van der Waals surface area (Å²) in [6.45, 7) is 1.68. The van der Waals surface area contributed by atoms with E-state index >= 15 is 0 Å². The highest BCUT2D eigenvalue weighted by atomic mass is 16.4. The van der Waals surface area contributed by atoms with Gasteiger partial charge in [-0.15, -0.1) is 0 Å². The molecule has 0 fully saturated rings. The molecule has 2 N–H and O–H groups in total. The topological polar surface area (TPSA) is 102 Å². The number of rotatable bonds is 6. The van der Waals surface area contributed by atoms with Crippen molar-refractivity contribution in [1.82, 2.24) is 0 Å². The van der Waals surface area contributed by atoms with E-state index in [4.69, 9.17) is 15.5 Å². The van der Waals surface area contributed by atoms with Crippen molar-refractivity contribution in [3.63, 3.8) is 0 Å². The van der Waals surface area contributed by atoms with Gasteiger partial charge in [0, 0.05) is 12.2 Å². The van der Waals surface area contributed by atoms with Crippen LogP contribution in [0.25, 0.3) is 0 Å². The lowest BCUT2D eigenvalue weighted by Crippen LogP contribution is -2.32. The average Bonchev–Trinajstić information content (AvgIpc) is 2.38. The van der Waals surface area contributed by atoms with E-state index in [0.29, 0.717) is 5.69 Å². The van der Waals surface area contributed by atoms with Crippen LogP contribution in [-0.2, 0) is 4.79 Å². The van der Waals surface area contributed by atoms with E-state index in [9.17, 15) is 9.59 Å². The van der Waals surface area contributed by atoms with Crippen LogP contribution in [0.3, 0.4) is 0 Å². The van der Waals surface area contributed by atoms with E-state index in [2.05, 4.69) is 0 Å². The number of aromatic carboxylic acids is 1. The van der Waals surface area contributed by atoms with Crippen LogP contribution in [0.15, 0.2) is 24.3 Å². The number of hydrogen-bond acceptors (Lipinski definition) is 4. The summed E-state index contributed by atoms with van der Waals surface area (Å²) < 4.78 is 0. The number of hydrogen-bond donors (Lipinski definition) is 2. The van der Waals surface area contributed by atoms with Gasteiger partial charge in [-0.1, -0.05) is 13.0 Å². The molecule has 0 bridgehead atoms. The highest BCUT2D eigenvalue weighted by Gasteiger charge is 2.17. The van der Waals surface area contributed by atoms with Gasteiger partial charge in [-0.2, -0.15) is 5.26 Å². The minimum Gasteiger partial charge on any atom is -0.481 e. The predicted molar refractivity (Wildman–Crippen MR) is 68.0 cm³/mol. The zero-order valence-electron chi connectivity index (χ0n) is 10.4. The number of aliphatic carboxylic acids is 1. The van der Waals surface area contributed by atoms with Crippen molar-refractivity contribution in [2.75, 3.05) is 18.0 Å². The summed E-state index contributed by atoms with van der Waals surface area (Å²) in [5, 5.41) is 26.6. The Bertz CT molecular complexity index is 522. The third-order valence-corrected chi connectivity index (χ3v) is 2.64. The van der Waals surface area contributed by atoms with Crippen LogP contribution in [0.2, 0.25) is 0 Å². The quantitative estimate of drug-likeness (QED) is 0.752. The minimum absolute atomic E-state index is 0.000687. The van der Waals surface area contributed by atoms with Crippen LogP contribution in [0, 0.1) is 17.2 Å². The maximum absolute atomic E-state index is 10.9. The maximum atomic E-state index is 10.9. The summed E-state index contributed by atoms with van der Waals surface area (Å²) in [5.41, 5.74) is 0.623. The van der Waals surface area contributed by atoms with Gasteiger partial charge in [0.05, 0.1) is 17.6 Å². The minimum atomic E-state index is -1.06. The molecule has 6 heteroatoms. The molecule has 0 saturated heterocycles. The van der Waals surface area contributed by atoms with E-state index in [1.54, 1.807) is 17.0 Å². The molecule has 0 saturated carbocycles. The molecule has 1 atom stereocenters. The third kappa shape index (κ3) is 4.00. The van der Waals surface area contributed by atoms with Crippen molar-refractivity contribution in [1.29, 1.82) is 5.26 Å². The first-order valence-electron chi connectivity index (χ1n) is 5.63. The zero-order chi connectivity index (χ0) is 14.4. The molecule has 1 aromatic rings. The number of anilines is 1. The fraction of sp³-hybridized carbons (Fsp3) is 0.308. The molecule has 19 heavy (non-hydrogen) atoms. The number of carboxylic acids is 2. The summed E-state index contributed by atoms with van der Waals surface area (Å²) in [5.74, 6) is -2.68. The second-order valence-electron chi connectivity index (χ2n) is 4.13. The molecule has 0 heterocycles. The summed E-state index contributed by atoms with van der Waals surface area (Å²) in [6, 6.07) is 8.03. The van der Waals surface area contributed by atoms with Crippen LogP contribution in [0.5, 0.6) is 0 Å². The molecule has 0 aliphatic heterocycles. The maximum Gasteiger partial charge on any atom is 0.335 e. The van der Waals surface area contributed by atoms with Crippen LogP contribution in [0.4, 0.5) is 5.69 Å². The Labute approximate surface area is 110 Å². The first kappa shape index (κ1) is 14.5. The van der Waals surface area contributed by atoms with Gasteiger partial charge in [-0.25, -0.2) is 4.79 Å². The molecule has 0 radical (unpaired) electrons. The molecule has 6 nitrogen and oxygen atoms in total. The van der Waals surface area contributed by atoms with E-state index in [-0.39, 0.29) is 18.7 Å². The van der Waals surface area contributed by atoms with Crippen molar-refractivity contribution in [2.45, 2.75) is 6.92 Å². The molecule has 0 spiro atoms. The van der Waals surface area contributed by atoms with Gasteiger partial charge < -0.3 is 15.1 Å². The Balaban J connectivity index is 2.99. The van der Waals surface area contributed by atoms with Crippen molar-refractivity contribution >= 4 is 17.6 Å². The average molecular weight is 262 g/mol. The summed E-state index contributed by atoms with van der Waals surface area (Å²) in [6.07, 6.45) is 0. The fourth-order valence-corrected chi connectivity index (χ4v) is 1.59. The van der Waals surface area contributed by atoms with Crippen LogP contribution < -0.4 is 4.90 Å². The summed E-state index contributed by atoms with van der Waals surface area (Å²) in [7, 11) is 0. The Kier molecular flexibility index (Phi) is 4.89. The van der Waals surface area contributed by atoms with Crippen molar-refractivity contribution < 1.29 is 19.8 Å². The van der Waals surface area contributed by atoms with Crippen molar-refractivity contribution in [3.05, 3.63) is 29.8 Å². The van der Waals surface area contributed by atoms with Gasteiger partial charge >= 0.3 is 11.9 Å². The Morgan fingerprint density at radius 1 is 1.42 bits per heavy atom. The summed E-state index contributed by atoms with van der Waals surface area (Å²) in [4.78, 5) is 23.3. The number of carbonyl (C=O) groups is 2. The smallest absolute Gasteiger partial charge is 0.335 e. The van der Waals surface area contributed by atoms with Gasteiger partial charge in [-0.05, 0) is 18.2 Å². The van der Waals surface area contributed by atoms with Crippen molar-refractivity contribution in [2.24, 2.45) is 5.92 Å². The Hall–Kier alpha value is -2.55. The second-order valence-corrected chi connectivity index (χ2v) is 4.13. The molecule has 1 rings (SSSR count). The molecule has 100 valence electrons. The fourth-order valence-electron chi connectivity index (χ4n) is 1.59. The van der Waals surface area contributed by atoms with Crippen LogP contribution in [-0.4, -0.2) is 35.2 Å². The normalized spacial score (nSPS) is 11.4. The second kappa shape index (κ2) is 6.40. The zero-order valence-corrected chi connectivity index (χ0v) is 10.4. The number of carboxylic acid groups (broad SMARTS) is 2. The standard InChI is InChI=1S/C13H14N2O4/c1-9(12(16)17)8-15(6-5-14)11-4-2-3-10(7-11)13(18)19/h2-4,7,9H,6,8H2,1H3,(H,16,17)(H,18,19). The van der Waals surface area contributed by atoms with Gasteiger partial charge in [0.1, 0.15) is 6.54 Å². The summed E-state index contributed by atoms with van der Waals surface area (Å²) >= 11 is 0. The number of benzene rings is 1. The van der Waals surface area contributed by atoms with E-state index < -0.39 is 17.9 Å². The lowest BCUT2D eigenvalue weighted by atomic mass is 10.1. The lowest BCUT2D eigenvalue weighted by molar-refractivity contribution is -0.140. The molecular weight excluding hydrogens is 248 g/mol. The molecule has 1 aromatic carbocycles. The highest BCUT2D eigenvalue weighted by Crippen LogP contribution is 2.17. The Morgan fingerprint density at radius 2 is 2.11 bits per heavy atom. The van der Waals surface area contributed by atoms with Crippen LogP contribution >= 0.6 is 0 Å². The molecule has 0 aliphatic rings. The SMILES string of the molecule is CC(CN(CC#N)c1cccc(C(=O)O)c1)C(=O)O. The molecule has 1 unspecified atom stereocenters. The largest absolute Gasteiger partial charge is 0.481 e. The first-order valence-corrected chi connectivity index (χ1v) is 5.63. The predicted octanol–water partition coefficient (Wildman–Crippen LogP) is 1.44. The van der Waals surface area contributed by atoms with Crippen molar-refractivity contribution in [3.8, 4) is 6.07 Å². The first-order chi connectivity index (χ1) is 8.95. The van der Waals surface area contributed by atoms with Crippen LogP contribution in [0.1, 0.15) is 17.3 Å². The molecular formula is C13H14N2O4. The van der Waals surface area contributed by atoms with Gasteiger partial charge in [-0.3, -0.25) is 4.79 Å². The number of nitrogens with zero attached hydrogens (tertiary/aromatic N) is 2. The monoisotopic (exact) mass is 262 g/mol. The molecule has 0 aliphatic carbocycles. The van der Waals surface area contributed by atoms with E-state index in [0.717, 1.165) is 0 Å². The van der Waals surface area contributed by atoms with Gasteiger partial charge in [0.2, 0.25) is 0 Å².